The molecule has 0 fully saturated rings. The molecule has 0 saturated heterocycles. The summed E-state index contributed by atoms with van der Waals surface area (Å²) < 4.78 is 34.2. The second-order valence-electron chi connectivity index (χ2n) is 6.16. The van der Waals surface area contributed by atoms with Crippen LogP contribution >= 0.6 is 0 Å². The van der Waals surface area contributed by atoms with E-state index in [-0.39, 0.29) is 24.7 Å². The van der Waals surface area contributed by atoms with Gasteiger partial charge in [0, 0.05) is 6.20 Å². The molecular formula is C20H19F2N3O2. The van der Waals surface area contributed by atoms with Crippen molar-refractivity contribution in [2.24, 2.45) is 0 Å². The van der Waals surface area contributed by atoms with Gasteiger partial charge in [-0.2, -0.15) is 5.10 Å². The lowest BCUT2D eigenvalue weighted by atomic mass is 10.1. The molecule has 7 heteroatoms. The zero-order valence-corrected chi connectivity index (χ0v) is 15.0. The summed E-state index contributed by atoms with van der Waals surface area (Å²) in [6.45, 7) is 3.88. The van der Waals surface area contributed by atoms with E-state index in [0.29, 0.717) is 11.4 Å². The molecule has 0 unspecified atom stereocenters. The smallest absolute Gasteiger partial charge is 0.258 e. The number of para-hydroxylation sites is 1. The van der Waals surface area contributed by atoms with Crippen molar-refractivity contribution in [3.05, 3.63) is 77.1 Å². The van der Waals surface area contributed by atoms with Crippen molar-refractivity contribution < 1.29 is 18.3 Å². The Morgan fingerprint density at radius 2 is 1.89 bits per heavy atom. The fraction of sp³-hybridized carbons (Fsp3) is 0.200. The van der Waals surface area contributed by atoms with Crippen LogP contribution in [0.4, 0.5) is 8.78 Å². The van der Waals surface area contributed by atoms with Crippen LogP contribution in [0.15, 0.2) is 48.7 Å². The van der Waals surface area contributed by atoms with Crippen molar-refractivity contribution in [2.45, 2.75) is 20.4 Å². The summed E-state index contributed by atoms with van der Waals surface area (Å²) in [6.07, 6.45) is 1.44. The van der Waals surface area contributed by atoms with E-state index in [1.165, 1.54) is 12.3 Å². The minimum atomic E-state index is -0.712. The van der Waals surface area contributed by atoms with Crippen LogP contribution in [0.1, 0.15) is 16.8 Å². The highest BCUT2D eigenvalue weighted by molar-refractivity contribution is 5.77. The predicted octanol–water partition coefficient (Wildman–Crippen LogP) is 3.46. The maximum atomic E-state index is 13.8. The topological polar surface area (TPSA) is 56.1 Å². The molecule has 5 nitrogen and oxygen atoms in total. The molecule has 140 valence electrons. The average Bonchev–Trinajstić information content (AvgIpc) is 3.07. The summed E-state index contributed by atoms with van der Waals surface area (Å²) in [4.78, 5) is 12.0. The van der Waals surface area contributed by atoms with Crippen LogP contribution in [-0.2, 0) is 11.3 Å². The van der Waals surface area contributed by atoms with E-state index < -0.39 is 11.6 Å². The zero-order chi connectivity index (χ0) is 19.4. The highest BCUT2D eigenvalue weighted by atomic mass is 19.1. The summed E-state index contributed by atoms with van der Waals surface area (Å²) in [7, 11) is 0. The average molecular weight is 371 g/mol. The number of nitrogens with one attached hydrogen (secondary N) is 1. The van der Waals surface area contributed by atoms with Crippen LogP contribution in [0, 0.1) is 25.5 Å². The first-order chi connectivity index (χ1) is 12.9. The lowest BCUT2D eigenvalue weighted by Crippen LogP contribution is -2.28. The normalized spacial score (nSPS) is 10.7. The van der Waals surface area contributed by atoms with Gasteiger partial charge in [0.05, 0.1) is 12.2 Å². The van der Waals surface area contributed by atoms with Crippen LogP contribution in [0.5, 0.6) is 5.75 Å². The number of hydrogen-bond acceptors (Lipinski definition) is 3. The van der Waals surface area contributed by atoms with Gasteiger partial charge in [-0.1, -0.05) is 23.8 Å². The van der Waals surface area contributed by atoms with E-state index in [9.17, 15) is 13.6 Å². The van der Waals surface area contributed by atoms with Gasteiger partial charge < -0.3 is 10.1 Å². The van der Waals surface area contributed by atoms with Crippen molar-refractivity contribution in [1.29, 1.82) is 0 Å². The molecule has 0 atom stereocenters. The maximum Gasteiger partial charge on any atom is 0.258 e. The minimum absolute atomic E-state index is 0.123. The molecule has 0 aliphatic heterocycles. The highest BCUT2D eigenvalue weighted by Crippen LogP contribution is 2.19. The molecule has 1 heterocycles. The van der Waals surface area contributed by atoms with Crippen LogP contribution in [-0.4, -0.2) is 22.3 Å². The summed E-state index contributed by atoms with van der Waals surface area (Å²) >= 11 is 0. The van der Waals surface area contributed by atoms with Crippen LogP contribution in [0.2, 0.25) is 0 Å². The Morgan fingerprint density at radius 1 is 1.15 bits per heavy atom. The van der Waals surface area contributed by atoms with Gasteiger partial charge in [-0.05, 0) is 43.7 Å². The summed E-state index contributed by atoms with van der Waals surface area (Å²) in [5, 5.41) is 6.76. The lowest BCUT2D eigenvalue weighted by molar-refractivity contribution is -0.123. The molecule has 3 rings (SSSR count). The maximum absolute atomic E-state index is 13.8. The Balaban J connectivity index is 1.56. The van der Waals surface area contributed by atoms with Gasteiger partial charge in [-0.3, -0.25) is 4.79 Å². The number of benzene rings is 2. The molecule has 0 aliphatic carbocycles. The van der Waals surface area contributed by atoms with Crippen molar-refractivity contribution in [1.82, 2.24) is 15.1 Å². The van der Waals surface area contributed by atoms with E-state index >= 15 is 0 Å². The number of nitrogens with zero attached hydrogens (tertiary/aromatic N) is 2. The minimum Gasteiger partial charge on any atom is -0.484 e. The van der Waals surface area contributed by atoms with E-state index in [4.69, 9.17) is 4.74 Å². The quantitative estimate of drug-likeness (QED) is 0.722. The number of hydrogen-bond donors (Lipinski definition) is 1. The highest BCUT2D eigenvalue weighted by Gasteiger charge is 2.12. The van der Waals surface area contributed by atoms with E-state index in [2.05, 4.69) is 10.4 Å². The largest absolute Gasteiger partial charge is 0.484 e. The van der Waals surface area contributed by atoms with Gasteiger partial charge in [0.1, 0.15) is 11.4 Å². The SMILES string of the molecule is Cc1ccc(OCC(=O)NCc2ccn(-c3c(F)cccc3F)n2)c(C)c1. The number of aryl methyl sites for hydroxylation is 2. The molecule has 1 aromatic heterocycles. The third-order valence-corrected chi connectivity index (χ3v) is 3.97. The molecule has 1 N–H and O–H groups in total. The second kappa shape index (κ2) is 7.99. The van der Waals surface area contributed by atoms with E-state index in [0.717, 1.165) is 27.9 Å². The second-order valence-corrected chi connectivity index (χ2v) is 6.16. The zero-order valence-electron chi connectivity index (χ0n) is 15.0. The Morgan fingerprint density at radius 3 is 2.59 bits per heavy atom. The molecule has 27 heavy (non-hydrogen) atoms. The summed E-state index contributed by atoms with van der Waals surface area (Å²) in [5.41, 5.74) is 2.28. The Bertz CT molecular complexity index is 949. The molecule has 3 aromatic rings. The van der Waals surface area contributed by atoms with Crippen molar-refractivity contribution in [3.8, 4) is 11.4 Å². The first-order valence-electron chi connectivity index (χ1n) is 8.40. The number of carbonyl (C=O) groups is 1. The molecule has 0 radical (unpaired) electrons. The van der Waals surface area contributed by atoms with Gasteiger partial charge in [0.2, 0.25) is 0 Å². The van der Waals surface area contributed by atoms with Crippen molar-refractivity contribution in [3.63, 3.8) is 0 Å². The fourth-order valence-corrected chi connectivity index (χ4v) is 2.63. The van der Waals surface area contributed by atoms with Gasteiger partial charge in [-0.25, -0.2) is 13.5 Å². The third-order valence-electron chi connectivity index (χ3n) is 3.97. The van der Waals surface area contributed by atoms with Gasteiger partial charge in [0.25, 0.3) is 5.91 Å². The monoisotopic (exact) mass is 371 g/mol. The first-order valence-corrected chi connectivity index (χ1v) is 8.40. The first kappa shape index (κ1) is 18.6. The number of amides is 1. The number of carbonyl (C=O) groups excluding carboxylic acids is 1. The molecule has 0 bridgehead atoms. The molecular weight excluding hydrogens is 352 g/mol. The van der Waals surface area contributed by atoms with Gasteiger partial charge in [0.15, 0.2) is 18.2 Å². The van der Waals surface area contributed by atoms with Crippen LogP contribution in [0.25, 0.3) is 5.69 Å². The summed E-state index contributed by atoms with van der Waals surface area (Å²) in [5.74, 6) is -1.09. The standard InChI is InChI=1S/C20H19F2N3O2/c1-13-6-7-18(14(2)10-13)27-12-19(26)23-11-15-8-9-25(24-15)20-16(21)4-3-5-17(20)22/h3-10H,11-12H2,1-2H3,(H,23,26). The Labute approximate surface area is 155 Å². The lowest BCUT2D eigenvalue weighted by Gasteiger charge is -2.09. The molecule has 0 spiro atoms. The van der Waals surface area contributed by atoms with Crippen molar-refractivity contribution >= 4 is 5.91 Å². The molecule has 0 saturated carbocycles. The number of ether oxygens (including phenoxy) is 1. The van der Waals surface area contributed by atoms with E-state index in [1.54, 1.807) is 6.07 Å². The van der Waals surface area contributed by atoms with Gasteiger partial charge >= 0.3 is 0 Å². The predicted molar refractivity (Wildman–Crippen MR) is 96.7 cm³/mol. The van der Waals surface area contributed by atoms with Crippen LogP contribution < -0.4 is 10.1 Å². The molecule has 2 aromatic carbocycles. The summed E-state index contributed by atoms with van der Waals surface area (Å²) in [6, 6.07) is 10.9. The number of rotatable bonds is 6. The van der Waals surface area contributed by atoms with Crippen molar-refractivity contribution in [2.75, 3.05) is 6.61 Å². The molecule has 0 aliphatic rings. The third kappa shape index (κ3) is 4.49. The van der Waals surface area contributed by atoms with Crippen LogP contribution in [0.3, 0.4) is 0 Å². The van der Waals surface area contributed by atoms with E-state index in [1.807, 2.05) is 32.0 Å². The number of aromatic nitrogens is 2. The fourth-order valence-electron chi connectivity index (χ4n) is 2.63. The van der Waals surface area contributed by atoms with Gasteiger partial charge in [-0.15, -0.1) is 0 Å². The Hall–Kier alpha value is -3.22. The Kier molecular flexibility index (Phi) is 5.49. The number of halogens is 2. The molecule has 1 amide bonds.